The molecule has 0 aliphatic rings. The maximum atomic E-state index is 13.2. The van der Waals surface area contributed by atoms with Gasteiger partial charge in [0.1, 0.15) is 11.3 Å². The zero-order valence-corrected chi connectivity index (χ0v) is 13.2. The van der Waals surface area contributed by atoms with Gasteiger partial charge >= 0.3 is 12.4 Å². The lowest BCUT2D eigenvalue weighted by Gasteiger charge is -2.11. The van der Waals surface area contributed by atoms with Gasteiger partial charge in [0.05, 0.1) is 21.7 Å². The number of rotatable bonds is 1. The van der Waals surface area contributed by atoms with Crippen LogP contribution in [0.4, 0.5) is 26.3 Å². The van der Waals surface area contributed by atoms with E-state index < -0.39 is 29.0 Å². The fourth-order valence-electron chi connectivity index (χ4n) is 2.55. The van der Waals surface area contributed by atoms with Gasteiger partial charge in [0.25, 0.3) is 0 Å². The number of aromatic nitrogens is 2. The van der Waals surface area contributed by atoms with Crippen LogP contribution in [0.15, 0.2) is 30.3 Å². The zero-order valence-electron chi connectivity index (χ0n) is 12.5. The third-order valence-corrected chi connectivity index (χ3v) is 3.99. The first-order chi connectivity index (χ1) is 11.5. The molecule has 3 rings (SSSR count). The molecule has 2 aromatic carbocycles. The first kappa shape index (κ1) is 17.6. The van der Waals surface area contributed by atoms with Gasteiger partial charge in [-0.25, -0.2) is 4.98 Å². The lowest BCUT2D eigenvalue weighted by molar-refractivity contribution is -0.142. The fraction of sp³-hybridized carbons (Fsp3) is 0.188. The summed E-state index contributed by atoms with van der Waals surface area (Å²) in [6.45, 7) is 1.67. The molecule has 1 heterocycles. The third-order valence-electron chi connectivity index (χ3n) is 3.68. The predicted molar refractivity (Wildman–Crippen MR) is 81.3 cm³/mol. The maximum Gasteiger partial charge on any atom is 0.418 e. The van der Waals surface area contributed by atoms with Crippen molar-refractivity contribution >= 4 is 22.6 Å². The Labute approximate surface area is 142 Å². The molecule has 0 amide bonds. The minimum Gasteiger partial charge on any atom is -0.338 e. The number of nitrogens with zero attached hydrogens (tertiary/aromatic N) is 1. The van der Waals surface area contributed by atoms with Crippen molar-refractivity contribution in [3.63, 3.8) is 0 Å². The largest absolute Gasteiger partial charge is 0.418 e. The number of hydrogen-bond donors (Lipinski definition) is 1. The predicted octanol–water partition coefficient (Wildman–Crippen LogP) is 6.23. The fourth-order valence-corrected chi connectivity index (χ4v) is 2.86. The van der Waals surface area contributed by atoms with Crippen molar-refractivity contribution in [1.82, 2.24) is 9.97 Å². The van der Waals surface area contributed by atoms with Gasteiger partial charge in [-0.1, -0.05) is 23.7 Å². The average Bonchev–Trinajstić information content (AvgIpc) is 2.87. The second kappa shape index (κ2) is 5.66. The summed E-state index contributed by atoms with van der Waals surface area (Å²) < 4.78 is 78.4. The van der Waals surface area contributed by atoms with E-state index in [-0.39, 0.29) is 22.4 Å². The summed E-state index contributed by atoms with van der Waals surface area (Å²) in [4.78, 5) is 6.39. The van der Waals surface area contributed by atoms with Crippen molar-refractivity contribution in [2.75, 3.05) is 0 Å². The van der Waals surface area contributed by atoms with E-state index in [9.17, 15) is 26.3 Å². The Kier molecular flexibility index (Phi) is 3.98. The van der Waals surface area contributed by atoms with Crippen LogP contribution >= 0.6 is 11.6 Å². The van der Waals surface area contributed by atoms with Crippen LogP contribution in [0.3, 0.4) is 0 Å². The Bertz CT molecular complexity index is 935. The van der Waals surface area contributed by atoms with Crippen LogP contribution in [-0.4, -0.2) is 9.97 Å². The number of aromatic amines is 1. The highest BCUT2D eigenvalue weighted by Crippen LogP contribution is 2.40. The van der Waals surface area contributed by atoms with Crippen LogP contribution in [0, 0.1) is 6.92 Å². The SMILES string of the molecule is Cc1cccc(Cl)c1-c1nc2c(C(F)(F)F)cc(C(F)(F)F)cc2[nH]1. The van der Waals surface area contributed by atoms with Crippen molar-refractivity contribution in [3.05, 3.63) is 52.0 Å². The summed E-state index contributed by atoms with van der Waals surface area (Å²) in [6, 6.07) is 5.50. The van der Waals surface area contributed by atoms with Crippen molar-refractivity contribution in [1.29, 1.82) is 0 Å². The van der Waals surface area contributed by atoms with Crippen LogP contribution < -0.4 is 0 Å². The standard InChI is InChI=1S/C16H9ClF6N2/c1-7-3-2-4-10(17)12(7)14-24-11-6-8(15(18,19)20)5-9(13(11)25-14)16(21,22)23/h2-6H,1H3,(H,24,25). The summed E-state index contributed by atoms with van der Waals surface area (Å²) in [5, 5.41) is 0.226. The number of aryl methyl sites for hydroxylation is 1. The third kappa shape index (κ3) is 3.18. The highest BCUT2D eigenvalue weighted by Gasteiger charge is 2.39. The number of H-pyrrole nitrogens is 1. The highest BCUT2D eigenvalue weighted by molar-refractivity contribution is 6.33. The van der Waals surface area contributed by atoms with Gasteiger partial charge in [-0.3, -0.25) is 0 Å². The maximum absolute atomic E-state index is 13.2. The van der Waals surface area contributed by atoms with Gasteiger partial charge in [-0.15, -0.1) is 0 Å². The molecular formula is C16H9ClF6N2. The van der Waals surface area contributed by atoms with E-state index in [1.165, 1.54) is 6.07 Å². The smallest absolute Gasteiger partial charge is 0.338 e. The molecule has 0 saturated heterocycles. The van der Waals surface area contributed by atoms with Crippen LogP contribution in [0.1, 0.15) is 16.7 Å². The van der Waals surface area contributed by atoms with Gasteiger partial charge in [-0.2, -0.15) is 26.3 Å². The normalized spacial score (nSPS) is 12.8. The summed E-state index contributed by atoms with van der Waals surface area (Å²) >= 11 is 6.06. The molecule has 0 aliphatic heterocycles. The number of benzene rings is 2. The average molecular weight is 379 g/mol. The van der Waals surface area contributed by atoms with Crippen molar-refractivity contribution in [3.8, 4) is 11.4 Å². The summed E-state index contributed by atoms with van der Waals surface area (Å²) in [6.07, 6.45) is -9.90. The molecule has 0 saturated carbocycles. The summed E-state index contributed by atoms with van der Waals surface area (Å²) in [5.41, 5.74) is -2.85. The first-order valence-corrected chi connectivity index (χ1v) is 7.30. The molecule has 9 heteroatoms. The molecule has 2 nitrogen and oxygen atoms in total. The lowest BCUT2D eigenvalue weighted by Crippen LogP contribution is -2.11. The van der Waals surface area contributed by atoms with Gasteiger partial charge < -0.3 is 4.98 Å². The number of nitrogens with one attached hydrogen (secondary N) is 1. The molecule has 3 aromatic rings. The molecule has 132 valence electrons. The topological polar surface area (TPSA) is 28.7 Å². The molecule has 1 N–H and O–H groups in total. The Balaban J connectivity index is 2.34. The molecule has 0 unspecified atom stereocenters. The number of fused-ring (bicyclic) bond motifs is 1. The van der Waals surface area contributed by atoms with E-state index >= 15 is 0 Å². The van der Waals surface area contributed by atoms with E-state index in [0.29, 0.717) is 17.2 Å². The van der Waals surface area contributed by atoms with Crippen LogP contribution in [-0.2, 0) is 12.4 Å². The molecule has 0 atom stereocenters. The van der Waals surface area contributed by atoms with Crippen LogP contribution in [0.2, 0.25) is 5.02 Å². The number of hydrogen-bond acceptors (Lipinski definition) is 1. The monoisotopic (exact) mass is 378 g/mol. The van der Waals surface area contributed by atoms with Crippen molar-refractivity contribution < 1.29 is 26.3 Å². The lowest BCUT2D eigenvalue weighted by atomic mass is 10.1. The van der Waals surface area contributed by atoms with Crippen LogP contribution in [0.5, 0.6) is 0 Å². The molecule has 0 fully saturated rings. The van der Waals surface area contributed by atoms with Gasteiger partial charge in [0.15, 0.2) is 0 Å². The molecule has 0 spiro atoms. The molecule has 0 radical (unpaired) electrons. The first-order valence-electron chi connectivity index (χ1n) is 6.92. The summed E-state index contributed by atoms with van der Waals surface area (Å²) in [5.74, 6) is -0.0251. The number of halogens is 7. The van der Waals surface area contributed by atoms with Gasteiger partial charge in [0, 0.05) is 5.56 Å². The highest BCUT2D eigenvalue weighted by atomic mass is 35.5. The van der Waals surface area contributed by atoms with E-state index in [2.05, 4.69) is 9.97 Å². The van der Waals surface area contributed by atoms with Crippen molar-refractivity contribution in [2.45, 2.75) is 19.3 Å². The van der Waals surface area contributed by atoms with Crippen LogP contribution in [0.25, 0.3) is 22.4 Å². The number of imidazole rings is 1. The molecule has 1 aromatic heterocycles. The Morgan fingerprint density at radius 3 is 2.24 bits per heavy atom. The van der Waals surface area contributed by atoms with E-state index in [4.69, 9.17) is 11.6 Å². The molecule has 25 heavy (non-hydrogen) atoms. The Morgan fingerprint density at radius 2 is 1.68 bits per heavy atom. The van der Waals surface area contributed by atoms with Gasteiger partial charge in [-0.05, 0) is 30.7 Å². The summed E-state index contributed by atoms with van der Waals surface area (Å²) in [7, 11) is 0. The number of alkyl halides is 6. The van der Waals surface area contributed by atoms with Crippen molar-refractivity contribution in [2.24, 2.45) is 0 Å². The second-order valence-electron chi connectivity index (χ2n) is 5.43. The Hall–Kier alpha value is -2.22. The molecule has 0 bridgehead atoms. The zero-order chi connectivity index (χ0) is 18.6. The van der Waals surface area contributed by atoms with E-state index in [0.717, 1.165) is 0 Å². The van der Waals surface area contributed by atoms with Gasteiger partial charge in [0.2, 0.25) is 0 Å². The minimum absolute atomic E-state index is 0.0251. The van der Waals surface area contributed by atoms with E-state index in [1.54, 1.807) is 19.1 Å². The minimum atomic E-state index is -4.98. The molecule has 0 aliphatic carbocycles. The second-order valence-corrected chi connectivity index (χ2v) is 5.84. The Morgan fingerprint density at radius 1 is 1.00 bits per heavy atom. The quantitative estimate of drug-likeness (QED) is 0.500. The molecular weight excluding hydrogens is 370 g/mol. The van der Waals surface area contributed by atoms with E-state index in [1.807, 2.05) is 0 Å².